The highest BCUT2D eigenvalue weighted by Crippen LogP contribution is 2.12. The molecule has 1 rings (SSSR count). The van der Waals surface area contributed by atoms with Gasteiger partial charge < -0.3 is 14.4 Å². The van der Waals surface area contributed by atoms with Crippen molar-refractivity contribution in [3.63, 3.8) is 0 Å². The summed E-state index contributed by atoms with van der Waals surface area (Å²) in [6, 6.07) is 8.51. The summed E-state index contributed by atoms with van der Waals surface area (Å²) in [5.74, 6) is 0.150. The van der Waals surface area contributed by atoms with E-state index < -0.39 is 6.09 Å². The first-order valence-electron chi connectivity index (χ1n) is 6.20. The fraction of sp³-hybridized carbons (Fsp3) is 0.429. The molecule has 1 atom stereocenters. The summed E-state index contributed by atoms with van der Waals surface area (Å²) in [6.45, 7) is 3.85. The van der Waals surface area contributed by atoms with Crippen LogP contribution < -0.4 is 4.74 Å². The summed E-state index contributed by atoms with van der Waals surface area (Å²) in [5.41, 5.74) is 0. The largest absolute Gasteiger partial charge is 0.466 e. The second kappa shape index (κ2) is 7.41. The van der Waals surface area contributed by atoms with E-state index in [1.165, 1.54) is 4.90 Å². The van der Waals surface area contributed by atoms with Crippen LogP contribution in [0.2, 0.25) is 0 Å². The highest BCUT2D eigenvalue weighted by atomic mass is 16.6. The van der Waals surface area contributed by atoms with Crippen LogP contribution in [0.3, 0.4) is 0 Å². The molecule has 1 aromatic rings. The molecule has 0 N–H and O–H groups in total. The number of para-hydroxylation sites is 1. The molecule has 5 nitrogen and oxygen atoms in total. The van der Waals surface area contributed by atoms with E-state index in [0.717, 1.165) is 0 Å². The molecule has 0 aliphatic rings. The zero-order valence-electron chi connectivity index (χ0n) is 11.5. The Labute approximate surface area is 113 Å². The molecule has 1 unspecified atom stereocenters. The van der Waals surface area contributed by atoms with Crippen LogP contribution in [0.4, 0.5) is 4.79 Å². The van der Waals surface area contributed by atoms with Gasteiger partial charge in [-0.2, -0.15) is 0 Å². The van der Waals surface area contributed by atoms with Gasteiger partial charge in [0, 0.05) is 13.1 Å². The van der Waals surface area contributed by atoms with Crippen LogP contribution in [0, 0.1) is 0 Å². The third-order valence-electron chi connectivity index (χ3n) is 2.66. The highest BCUT2D eigenvalue weighted by Gasteiger charge is 2.20. The Hall–Kier alpha value is -2.04. The van der Waals surface area contributed by atoms with Crippen LogP contribution in [-0.2, 0) is 9.53 Å². The Balaban J connectivity index is 2.50. The van der Waals surface area contributed by atoms with Gasteiger partial charge in [0.1, 0.15) is 5.75 Å². The molecule has 0 saturated carbocycles. The number of amides is 1. The predicted octanol–water partition coefficient (Wildman–Crippen LogP) is 2.46. The van der Waals surface area contributed by atoms with E-state index in [1.807, 2.05) is 6.07 Å². The normalized spacial score (nSPS) is 11.5. The van der Waals surface area contributed by atoms with Crippen LogP contribution in [0.15, 0.2) is 30.3 Å². The highest BCUT2D eigenvalue weighted by molar-refractivity contribution is 5.73. The van der Waals surface area contributed by atoms with Gasteiger partial charge in [0.15, 0.2) is 0 Å². The molecule has 0 fully saturated rings. The van der Waals surface area contributed by atoms with Crippen LogP contribution >= 0.6 is 0 Å². The molecular formula is C14H19NO4. The topological polar surface area (TPSA) is 55.8 Å². The van der Waals surface area contributed by atoms with Crippen molar-refractivity contribution in [2.24, 2.45) is 0 Å². The summed E-state index contributed by atoms with van der Waals surface area (Å²) in [4.78, 5) is 24.6. The summed E-state index contributed by atoms with van der Waals surface area (Å²) in [7, 11) is 1.59. The Kier molecular flexibility index (Phi) is 5.85. The predicted molar refractivity (Wildman–Crippen MR) is 70.9 cm³/mol. The number of benzene rings is 1. The molecule has 0 heterocycles. The van der Waals surface area contributed by atoms with Gasteiger partial charge in [-0.15, -0.1) is 0 Å². The van der Waals surface area contributed by atoms with Gasteiger partial charge in [-0.05, 0) is 26.0 Å². The SMILES string of the molecule is CCOC(=O)CC(C)N(C)C(=O)Oc1ccccc1. The molecule has 0 aliphatic heterocycles. The fourth-order valence-electron chi connectivity index (χ4n) is 1.44. The minimum Gasteiger partial charge on any atom is -0.466 e. The van der Waals surface area contributed by atoms with Gasteiger partial charge in [0.05, 0.1) is 13.0 Å². The molecule has 0 aliphatic carbocycles. The Morgan fingerprint density at radius 2 is 1.89 bits per heavy atom. The molecule has 0 saturated heterocycles. The smallest absolute Gasteiger partial charge is 0.415 e. The molecule has 0 spiro atoms. The van der Waals surface area contributed by atoms with Gasteiger partial charge >= 0.3 is 12.1 Å². The lowest BCUT2D eigenvalue weighted by atomic mass is 10.2. The van der Waals surface area contributed by atoms with E-state index in [0.29, 0.717) is 12.4 Å². The average molecular weight is 265 g/mol. The van der Waals surface area contributed by atoms with Crippen molar-refractivity contribution in [3.05, 3.63) is 30.3 Å². The lowest BCUT2D eigenvalue weighted by Crippen LogP contribution is -2.38. The van der Waals surface area contributed by atoms with Gasteiger partial charge in [-0.25, -0.2) is 4.79 Å². The van der Waals surface area contributed by atoms with E-state index in [2.05, 4.69) is 0 Å². The van der Waals surface area contributed by atoms with Crippen molar-refractivity contribution in [2.45, 2.75) is 26.3 Å². The molecular weight excluding hydrogens is 246 g/mol. The first-order chi connectivity index (χ1) is 9.04. The minimum absolute atomic E-state index is 0.147. The van der Waals surface area contributed by atoms with Gasteiger partial charge in [0.2, 0.25) is 0 Å². The molecule has 1 amide bonds. The van der Waals surface area contributed by atoms with Crippen molar-refractivity contribution in [3.8, 4) is 5.75 Å². The quantitative estimate of drug-likeness (QED) is 0.767. The van der Waals surface area contributed by atoms with E-state index in [1.54, 1.807) is 45.2 Å². The molecule has 0 bridgehead atoms. The second-order valence-corrected chi connectivity index (χ2v) is 4.15. The summed E-state index contributed by atoms with van der Waals surface area (Å²) >= 11 is 0. The number of ether oxygens (including phenoxy) is 2. The molecule has 1 aromatic carbocycles. The summed E-state index contributed by atoms with van der Waals surface area (Å²) in [6.07, 6.45) is -0.350. The third kappa shape index (κ3) is 4.99. The number of hydrogen-bond donors (Lipinski definition) is 0. The zero-order chi connectivity index (χ0) is 14.3. The number of carbonyl (C=O) groups excluding carboxylic acids is 2. The van der Waals surface area contributed by atoms with Crippen molar-refractivity contribution in [1.82, 2.24) is 4.90 Å². The van der Waals surface area contributed by atoms with Crippen LogP contribution in [0.1, 0.15) is 20.3 Å². The van der Waals surface area contributed by atoms with Crippen molar-refractivity contribution >= 4 is 12.1 Å². The zero-order valence-corrected chi connectivity index (χ0v) is 11.5. The van der Waals surface area contributed by atoms with E-state index in [4.69, 9.17) is 9.47 Å². The Morgan fingerprint density at radius 1 is 1.26 bits per heavy atom. The van der Waals surface area contributed by atoms with Gasteiger partial charge in [-0.3, -0.25) is 4.79 Å². The number of hydrogen-bond acceptors (Lipinski definition) is 4. The number of esters is 1. The van der Waals surface area contributed by atoms with Crippen molar-refractivity contribution in [2.75, 3.05) is 13.7 Å². The maximum Gasteiger partial charge on any atom is 0.415 e. The van der Waals surface area contributed by atoms with Crippen molar-refractivity contribution < 1.29 is 19.1 Å². The molecule has 19 heavy (non-hydrogen) atoms. The minimum atomic E-state index is -0.497. The van der Waals surface area contributed by atoms with E-state index in [9.17, 15) is 9.59 Å². The maximum atomic E-state index is 11.8. The van der Waals surface area contributed by atoms with E-state index in [-0.39, 0.29) is 18.4 Å². The molecule has 104 valence electrons. The number of carbonyl (C=O) groups is 2. The number of nitrogens with zero attached hydrogens (tertiary/aromatic N) is 1. The Morgan fingerprint density at radius 3 is 2.47 bits per heavy atom. The summed E-state index contributed by atoms with van der Waals surface area (Å²) in [5, 5.41) is 0. The Bertz CT molecular complexity index is 419. The maximum absolute atomic E-state index is 11.8. The van der Waals surface area contributed by atoms with Crippen LogP contribution in [-0.4, -0.2) is 36.7 Å². The standard InChI is InChI=1S/C14H19NO4/c1-4-18-13(16)10-11(2)15(3)14(17)19-12-8-6-5-7-9-12/h5-9,11H,4,10H2,1-3H3. The monoisotopic (exact) mass is 265 g/mol. The molecule has 0 radical (unpaired) electrons. The van der Waals surface area contributed by atoms with Gasteiger partial charge in [0.25, 0.3) is 0 Å². The van der Waals surface area contributed by atoms with Gasteiger partial charge in [-0.1, -0.05) is 18.2 Å². The van der Waals surface area contributed by atoms with Crippen LogP contribution in [0.25, 0.3) is 0 Å². The first-order valence-corrected chi connectivity index (χ1v) is 6.20. The summed E-state index contributed by atoms with van der Waals surface area (Å²) < 4.78 is 10.0. The molecule has 0 aromatic heterocycles. The van der Waals surface area contributed by atoms with Crippen LogP contribution in [0.5, 0.6) is 5.75 Å². The first kappa shape index (κ1) is 15.0. The molecule has 5 heteroatoms. The second-order valence-electron chi connectivity index (χ2n) is 4.15. The van der Waals surface area contributed by atoms with Crippen molar-refractivity contribution in [1.29, 1.82) is 0 Å². The third-order valence-corrected chi connectivity index (χ3v) is 2.66. The lowest BCUT2D eigenvalue weighted by molar-refractivity contribution is -0.144. The number of rotatable bonds is 5. The average Bonchev–Trinajstić information content (AvgIpc) is 2.39. The van der Waals surface area contributed by atoms with E-state index >= 15 is 0 Å². The fourth-order valence-corrected chi connectivity index (χ4v) is 1.44. The lowest BCUT2D eigenvalue weighted by Gasteiger charge is -2.23.